The number of hydroxylamine groups is 2. The van der Waals surface area contributed by atoms with E-state index >= 15 is 0 Å². The van der Waals surface area contributed by atoms with E-state index in [1.807, 2.05) is 0 Å². The van der Waals surface area contributed by atoms with Crippen molar-refractivity contribution < 1.29 is 19.6 Å². The smallest absolute Gasteiger partial charge is 0.295 e. The van der Waals surface area contributed by atoms with Crippen LogP contribution in [-0.4, -0.2) is 43.7 Å². The Morgan fingerprint density at radius 3 is 1.09 bits per heavy atom. The van der Waals surface area contributed by atoms with E-state index in [1.54, 1.807) is 0 Å². The Morgan fingerprint density at radius 2 is 0.818 bits per heavy atom. The first-order chi connectivity index (χ1) is 10.4. The molecule has 0 spiro atoms. The molecule has 124 valence electrons. The molecule has 10 heteroatoms. The first-order valence-electron chi connectivity index (χ1n) is 7.63. The van der Waals surface area contributed by atoms with Crippen LogP contribution in [0.4, 0.5) is 0 Å². The third kappa shape index (κ3) is 3.25. The molecule has 2 saturated carbocycles. The van der Waals surface area contributed by atoms with Crippen LogP contribution in [0.25, 0.3) is 0 Å². The lowest BCUT2D eigenvalue weighted by Crippen LogP contribution is -2.50. The number of hydrogen-bond acceptors (Lipinski definition) is 6. The van der Waals surface area contributed by atoms with Crippen molar-refractivity contribution in [2.24, 2.45) is 0 Å². The molecule has 2 aliphatic carbocycles. The fourth-order valence-electron chi connectivity index (χ4n) is 3.48. The summed E-state index contributed by atoms with van der Waals surface area (Å²) in [6, 6.07) is -4.23. The van der Waals surface area contributed by atoms with Gasteiger partial charge in [0.2, 0.25) is 0 Å². The van der Waals surface area contributed by atoms with E-state index in [4.69, 9.17) is 0 Å². The lowest BCUT2D eigenvalue weighted by Gasteiger charge is -2.25. The third-order valence-corrected chi connectivity index (χ3v) is 4.69. The van der Waals surface area contributed by atoms with Crippen molar-refractivity contribution >= 4 is 0 Å². The molecule has 0 aromatic heterocycles. The summed E-state index contributed by atoms with van der Waals surface area (Å²) in [5.74, 6) is 0. The minimum atomic E-state index is -1.08. The molecule has 2 fully saturated rings. The van der Waals surface area contributed by atoms with Gasteiger partial charge in [0.05, 0.1) is 0 Å². The SMILES string of the molecule is O=[N+]([O-])[C@@H]1CCCC[C@@H]1/[N+]([O-])=[N+](\[O-])[C@H]1CCCC[C@@H]1[N+](=O)[O-]. The van der Waals surface area contributed by atoms with Gasteiger partial charge in [0, 0.05) is 45.3 Å². The van der Waals surface area contributed by atoms with Crippen molar-refractivity contribution in [1.82, 2.24) is 0 Å². The van der Waals surface area contributed by atoms with Crippen molar-refractivity contribution in [1.29, 1.82) is 0 Å². The van der Waals surface area contributed by atoms with Crippen molar-refractivity contribution in [3.05, 3.63) is 30.6 Å². The summed E-state index contributed by atoms with van der Waals surface area (Å²) in [6.45, 7) is 0. The molecule has 0 N–H and O–H groups in total. The molecule has 0 unspecified atom stereocenters. The summed E-state index contributed by atoms with van der Waals surface area (Å²) >= 11 is 0. The van der Waals surface area contributed by atoms with Crippen molar-refractivity contribution in [2.45, 2.75) is 75.5 Å². The largest absolute Gasteiger partial charge is 0.567 e. The maximum absolute atomic E-state index is 12.3. The van der Waals surface area contributed by atoms with Gasteiger partial charge in [0.1, 0.15) is 0 Å². The molecule has 4 atom stereocenters. The monoisotopic (exact) mass is 316 g/mol. The van der Waals surface area contributed by atoms with Crippen LogP contribution in [-0.2, 0) is 0 Å². The van der Waals surface area contributed by atoms with Crippen LogP contribution in [0.1, 0.15) is 51.4 Å². The Morgan fingerprint density at radius 1 is 0.545 bits per heavy atom. The van der Waals surface area contributed by atoms with Gasteiger partial charge in [-0.2, -0.15) is 0 Å². The van der Waals surface area contributed by atoms with Crippen LogP contribution >= 0.6 is 0 Å². The van der Waals surface area contributed by atoms with E-state index in [0.717, 1.165) is 0 Å². The molecule has 0 bridgehead atoms. The zero-order chi connectivity index (χ0) is 16.3. The second-order valence-corrected chi connectivity index (χ2v) is 6.01. The van der Waals surface area contributed by atoms with Gasteiger partial charge in [0.25, 0.3) is 24.2 Å². The standard InChI is InChI=1S/C12H20N4O6/c17-13(9-5-1-3-7-11(9)15(19)20)14(18)10-6-2-4-8-12(10)16(21)22/h9-12H,1-8H2/b14-13+/t9-,10-,11-,12+/m0/s1. The summed E-state index contributed by atoms with van der Waals surface area (Å²) in [5, 5.41) is 46.7. The first-order valence-corrected chi connectivity index (χ1v) is 7.63. The molecule has 0 heterocycles. The third-order valence-electron chi connectivity index (χ3n) is 4.69. The van der Waals surface area contributed by atoms with Gasteiger partial charge in [-0.15, -0.1) is 0 Å². The Hall–Kier alpha value is -2.00. The molecule has 2 rings (SSSR count). The fourth-order valence-corrected chi connectivity index (χ4v) is 3.48. The second kappa shape index (κ2) is 6.84. The van der Waals surface area contributed by atoms with Crippen molar-refractivity contribution in [2.75, 3.05) is 0 Å². The molecule has 0 radical (unpaired) electrons. The number of nitrogens with zero attached hydrogens (tertiary/aromatic N) is 4. The maximum Gasteiger partial charge on any atom is 0.295 e. The lowest BCUT2D eigenvalue weighted by molar-refractivity contribution is -1.01. The second-order valence-electron chi connectivity index (χ2n) is 6.01. The van der Waals surface area contributed by atoms with Crippen LogP contribution in [0.5, 0.6) is 0 Å². The van der Waals surface area contributed by atoms with Crippen LogP contribution in [0.15, 0.2) is 0 Å². The Kier molecular flexibility index (Phi) is 5.09. The predicted molar refractivity (Wildman–Crippen MR) is 73.3 cm³/mol. The highest BCUT2D eigenvalue weighted by atomic mass is 16.6. The normalized spacial score (nSPS) is 33.8. The van der Waals surface area contributed by atoms with Crippen molar-refractivity contribution in [3.63, 3.8) is 0 Å². The highest BCUT2D eigenvalue weighted by Crippen LogP contribution is 2.26. The minimum Gasteiger partial charge on any atom is -0.567 e. The Labute approximate surface area is 126 Å². The van der Waals surface area contributed by atoms with E-state index in [1.165, 1.54) is 0 Å². The molecular formula is C12H20N4O6. The average Bonchev–Trinajstić information content (AvgIpc) is 2.53. The molecule has 0 amide bonds. The van der Waals surface area contributed by atoms with E-state index in [0.29, 0.717) is 25.7 Å². The Balaban J connectivity index is 2.25. The molecular weight excluding hydrogens is 296 g/mol. The van der Waals surface area contributed by atoms with Gasteiger partial charge in [-0.1, -0.05) is 0 Å². The van der Waals surface area contributed by atoms with Gasteiger partial charge in [-0.3, -0.25) is 20.2 Å². The van der Waals surface area contributed by atoms with Gasteiger partial charge < -0.3 is 10.4 Å². The molecule has 0 aliphatic heterocycles. The quantitative estimate of drug-likeness (QED) is 0.334. The molecule has 0 aromatic carbocycles. The topological polar surface area (TPSA) is 138 Å². The summed E-state index contributed by atoms with van der Waals surface area (Å²) in [6.07, 6.45) is 3.63. The summed E-state index contributed by atoms with van der Waals surface area (Å²) in [7, 11) is 0. The molecule has 0 saturated heterocycles. The fraction of sp³-hybridized carbons (Fsp3) is 1.00. The molecule has 22 heavy (non-hydrogen) atoms. The highest BCUT2D eigenvalue weighted by Gasteiger charge is 2.49. The van der Waals surface area contributed by atoms with E-state index < -0.39 is 34.0 Å². The van der Waals surface area contributed by atoms with Gasteiger partial charge >= 0.3 is 0 Å². The zero-order valence-electron chi connectivity index (χ0n) is 12.2. The van der Waals surface area contributed by atoms with Crippen molar-refractivity contribution in [3.8, 4) is 0 Å². The number of hydrogen-bond donors (Lipinski definition) is 0. The summed E-state index contributed by atoms with van der Waals surface area (Å²) in [5.41, 5.74) is 0. The molecule has 0 aromatic rings. The molecule has 2 aliphatic rings. The molecule has 10 nitrogen and oxygen atoms in total. The first kappa shape index (κ1) is 16.4. The highest BCUT2D eigenvalue weighted by molar-refractivity contribution is 4.76. The van der Waals surface area contributed by atoms with Crippen LogP contribution in [0.3, 0.4) is 0 Å². The maximum atomic E-state index is 12.3. The van der Waals surface area contributed by atoms with Gasteiger partial charge in [-0.05, 0) is 25.7 Å². The van der Waals surface area contributed by atoms with E-state index in [2.05, 4.69) is 0 Å². The van der Waals surface area contributed by atoms with Crippen LogP contribution in [0, 0.1) is 30.6 Å². The number of nitro groups is 2. The van der Waals surface area contributed by atoms with Crippen LogP contribution < -0.4 is 0 Å². The van der Waals surface area contributed by atoms with Gasteiger partial charge in [0.15, 0.2) is 0 Å². The average molecular weight is 316 g/mol. The number of rotatable bonds is 4. The van der Waals surface area contributed by atoms with Gasteiger partial charge in [-0.25, -0.2) is 0 Å². The minimum absolute atomic E-state index is 0.0963. The van der Waals surface area contributed by atoms with Crippen LogP contribution in [0.2, 0.25) is 0 Å². The Bertz CT molecular complexity index is 440. The zero-order valence-corrected chi connectivity index (χ0v) is 12.2. The number of azo groups is 1. The van der Waals surface area contributed by atoms with E-state index in [9.17, 15) is 30.6 Å². The summed E-state index contributed by atoms with van der Waals surface area (Å²) < 4.78 is 0. The predicted octanol–water partition coefficient (Wildman–Crippen LogP) is 1.63. The van der Waals surface area contributed by atoms with E-state index in [-0.39, 0.29) is 35.4 Å². The summed E-state index contributed by atoms with van der Waals surface area (Å²) in [4.78, 5) is 21.3. The lowest BCUT2D eigenvalue weighted by atomic mass is 9.90.